The smallest absolute Gasteiger partial charge is 0.407 e. The summed E-state index contributed by atoms with van der Waals surface area (Å²) in [5.41, 5.74) is 0.861. The minimum absolute atomic E-state index is 0.131. The normalized spacial score (nSPS) is 11.4. The summed E-state index contributed by atoms with van der Waals surface area (Å²) < 4.78 is 5.04. The minimum Gasteiger partial charge on any atom is -0.445 e. The molecule has 0 bridgehead atoms. The summed E-state index contributed by atoms with van der Waals surface area (Å²) in [7, 11) is 0. The fourth-order valence-electron chi connectivity index (χ4n) is 3.26. The SMILES string of the molecule is CCCCCCCCCCCCNC(=O)[C@H](C)NC(=O)CNC(=O)OCc1ccccc1. The largest absolute Gasteiger partial charge is 0.445 e. The molecule has 3 amide bonds. The number of rotatable bonds is 17. The van der Waals surface area contributed by atoms with E-state index < -0.39 is 18.0 Å². The van der Waals surface area contributed by atoms with E-state index in [4.69, 9.17) is 4.74 Å². The molecule has 0 spiro atoms. The lowest BCUT2D eigenvalue weighted by Gasteiger charge is -2.14. The van der Waals surface area contributed by atoms with Crippen LogP contribution in [0.15, 0.2) is 30.3 Å². The molecule has 0 fully saturated rings. The van der Waals surface area contributed by atoms with E-state index in [0.717, 1.165) is 18.4 Å². The molecule has 180 valence electrons. The van der Waals surface area contributed by atoms with Crippen molar-refractivity contribution in [2.24, 2.45) is 0 Å². The van der Waals surface area contributed by atoms with Crippen LogP contribution in [0.2, 0.25) is 0 Å². The molecule has 1 aromatic carbocycles. The van der Waals surface area contributed by atoms with E-state index in [0.29, 0.717) is 6.54 Å². The number of carbonyl (C=O) groups is 3. The van der Waals surface area contributed by atoms with Crippen molar-refractivity contribution >= 4 is 17.9 Å². The highest BCUT2D eigenvalue weighted by Gasteiger charge is 2.15. The minimum atomic E-state index is -0.679. The van der Waals surface area contributed by atoms with E-state index in [1.165, 1.54) is 51.4 Å². The van der Waals surface area contributed by atoms with E-state index >= 15 is 0 Å². The van der Waals surface area contributed by atoms with Crippen LogP contribution in [0.3, 0.4) is 0 Å². The molecule has 0 saturated heterocycles. The first-order valence-electron chi connectivity index (χ1n) is 12.0. The Kier molecular flexibility index (Phi) is 15.5. The first-order chi connectivity index (χ1) is 15.5. The first-order valence-corrected chi connectivity index (χ1v) is 12.0. The summed E-state index contributed by atoms with van der Waals surface area (Å²) >= 11 is 0. The molecule has 1 aromatic rings. The number of benzene rings is 1. The Morgan fingerprint density at radius 1 is 0.844 bits per heavy atom. The summed E-state index contributed by atoms with van der Waals surface area (Å²) in [5.74, 6) is -0.663. The molecule has 0 aromatic heterocycles. The molecule has 0 aliphatic heterocycles. The molecule has 0 aliphatic carbocycles. The maximum Gasteiger partial charge on any atom is 0.407 e. The summed E-state index contributed by atoms with van der Waals surface area (Å²) in [6.07, 6.45) is 11.8. The summed E-state index contributed by atoms with van der Waals surface area (Å²) in [5, 5.41) is 7.81. The van der Waals surface area contributed by atoms with E-state index in [1.54, 1.807) is 6.92 Å². The number of alkyl carbamates (subject to hydrolysis) is 1. The number of nitrogens with one attached hydrogen (secondary N) is 3. The Balaban J connectivity index is 2.01. The van der Waals surface area contributed by atoms with Crippen LogP contribution in [0.4, 0.5) is 4.79 Å². The monoisotopic (exact) mass is 447 g/mol. The number of carbonyl (C=O) groups excluding carboxylic acids is 3. The first kappa shape index (κ1) is 27.5. The molecule has 3 N–H and O–H groups in total. The van der Waals surface area contributed by atoms with E-state index in [2.05, 4.69) is 22.9 Å². The molecular weight excluding hydrogens is 406 g/mol. The molecule has 0 unspecified atom stereocenters. The zero-order valence-electron chi connectivity index (χ0n) is 19.8. The van der Waals surface area contributed by atoms with Crippen LogP contribution >= 0.6 is 0 Å². The van der Waals surface area contributed by atoms with Gasteiger partial charge in [-0.2, -0.15) is 0 Å². The molecule has 1 rings (SSSR count). The summed E-state index contributed by atoms with van der Waals surface area (Å²) in [6, 6.07) is 8.61. The van der Waals surface area contributed by atoms with Crippen LogP contribution in [0.5, 0.6) is 0 Å². The topological polar surface area (TPSA) is 96.5 Å². The van der Waals surface area contributed by atoms with Gasteiger partial charge in [0.25, 0.3) is 0 Å². The Morgan fingerprint density at radius 3 is 2.06 bits per heavy atom. The van der Waals surface area contributed by atoms with Gasteiger partial charge >= 0.3 is 6.09 Å². The van der Waals surface area contributed by atoms with Gasteiger partial charge in [0.05, 0.1) is 0 Å². The predicted molar refractivity (Wildman–Crippen MR) is 127 cm³/mol. The highest BCUT2D eigenvalue weighted by atomic mass is 16.5. The second-order valence-corrected chi connectivity index (χ2v) is 8.18. The van der Waals surface area contributed by atoms with Gasteiger partial charge in [0.15, 0.2) is 0 Å². The third-order valence-corrected chi connectivity index (χ3v) is 5.21. The fraction of sp³-hybridized carbons (Fsp3) is 0.640. The van der Waals surface area contributed by atoms with Gasteiger partial charge < -0.3 is 20.7 Å². The quantitative estimate of drug-likeness (QED) is 0.307. The Morgan fingerprint density at radius 2 is 1.44 bits per heavy atom. The van der Waals surface area contributed by atoms with Crippen molar-refractivity contribution in [1.82, 2.24) is 16.0 Å². The van der Waals surface area contributed by atoms with Crippen LogP contribution in [-0.2, 0) is 20.9 Å². The van der Waals surface area contributed by atoms with Crippen LogP contribution < -0.4 is 16.0 Å². The molecule has 7 nitrogen and oxygen atoms in total. The molecule has 0 heterocycles. The van der Waals surface area contributed by atoms with Crippen LogP contribution in [0.1, 0.15) is 83.6 Å². The molecule has 0 aliphatic rings. The van der Waals surface area contributed by atoms with Gasteiger partial charge in [-0.15, -0.1) is 0 Å². The van der Waals surface area contributed by atoms with Gasteiger partial charge in [-0.05, 0) is 18.9 Å². The molecule has 7 heteroatoms. The average Bonchev–Trinajstić information content (AvgIpc) is 2.80. The fourth-order valence-corrected chi connectivity index (χ4v) is 3.26. The van der Waals surface area contributed by atoms with Crippen molar-refractivity contribution < 1.29 is 19.1 Å². The summed E-state index contributed by atoms with van der Waals surface area (Å²) in [4.78, 5) is 35.7. The van der Waals surface area contributed by atoms with Crippen molar-refractivity contribution in [3.63, 3.8) is 0 Å². The molecule has 1 atom stereocenters. The molecule has 0 saturated carbocycles. The zero-order chi connectivity index (χ0) is 23.4. The summed E-state index contributed by atoms with van der Waals surface area (Å²) in [6.45, 7) is 4.35. The number of amides is 3. The van der Waals surface area contributed by atoms with Gasteiger partial charge in [0, 0.05) is 6.54 Å². The Hall–Kier alpha value is -2.57. The van der Waals surface area contributed by atoms with Crippen molar-refractivity contribution in [3.05, 3.63) is 35.9 Å². The van der Waals surface area contributed by atoms with E-state index in [1.807, 2.05) is 30.3 Å². The van der Waals surface area contributed by atoms with Crippen molar-refractivity contribution in [1.29, 1.82) is 0 Å². The third-order valence-electron chi connectivity index (χ3n) is 5.21. The highest BCUT2D eigenvalue weighted by Crippen LogP contribution is 2.10. The molecule has 32 heavy (non-hydrogen) atoms. The second-order valence-electron chi connectivity index (χ2n) is 8.18. The Labute approximate surface area is 193 Å². The maximum absolute atomic E-state index is 12.1. The van der Waals surface area contributed by atoms with Gasteiger partial charge in [-0.3, -0.25) is 9.59 Å². The lowest BCUT2D eigenvalue weighted by Crippen LogP contribution is -2.48. The lowest BCUT2D eigenvalue weighted by molar-refractivity contribution is -0.128. The highest BCUT2D eigenvalue weighted by molar-refractivity contribution is 5.89. The van der Waals surface area contributed by atoms with Gasteiger partial charge in [-0.25, -0.2) is 4.79 Å². The lowest BCUT2D eigenvalue weighted by atomic mass is 10.1. The van der Waals surface area contributed by atoms with Crippen LogP contribution in [0, 0.1) is 0 Å². The molecular formula is C25H41N3O4. The zero-order valence-corrected chi connectivity index (χ0v) is 19.8. The number of hydrogen-bond acceptors (Lipinski definition) is 4. The average molecular weight is 448 g/mol. The third kappa shape index (κ3) is 14.4. The second kappa shape index (κ2) is 18.0. The Bertz CT molecular complexity index is 652. The van der Waals surface area contributed by atoms with E-state index in [9.17, 15) is 14.4 Å². The van der Waals surface area contributed by atoms with E-state index in [-0.39, 0.29) is 19.1 Å². The number of unbranched alkanes of at least 4 members (excludes halogenated alkanes) is 9. The van der Waals surface area contributed by atoms with Crippen molar-refractivity contribution in [2.45, 2.75) is 90.7 Å². The van der Waals surface area contributed by atoms with Crippen molar-refractivity contribution in [3.8, 4) is 0 Å². The van der Waals surface area contributed by atoms with Gasteiger partial charge in [-0.1, -0.05) is 95.0 Å². The van der Waals surface area contributed by atoms with Gasteiger partial charge in [0.1, 0.15) is 19.2 Å². The van der Waals surface area contributed by atoms with Crippen LogP contribution in [-0.4, -0.2) is 37.0 Å². The standard InChI is InChI=1S/C25H41N3O4/c1-3-4-5-6-7-8-9-10-11-15-18-26-24(30)21(2)28-23(29)19-27-25(31)32-20-22-16-13-12-14-17-22/h12-14,16-17,21H,3-11,15,18-20H2,1-2H3,(H,26,30)(H,27,31)(H,28,29)/t21-/m0/s1. The molecule has 0 radical (unpaired) electrons. The number of hydrogen-bond donors (Lipinski definition) is 3. The van der Waals surface area contributed by atoms with Crippen LogP contribution in [0.25, 0.3) is 0 Å². The van der Waals surface area contributed by atoms with Gasteiger partial charge in [0.2, 0.25) is 11.8 Å². The maximum atomic E-state index is 12.1. The van der Waals surface area contributed by atoms with Crippen molar-refractivity contribution in [2.75, 3.05) is 13.1 Å². The predicted octanol–water partition coefficient (Wildman–Crippen LogP) is 4.45. The number of ether oxygens (including phenoxy) is 1.